The summed E-state index contributed by atoms with van der Waals surface area (Å²) in [7, 11) is 0. The molecule has 0 saturated carbocycles. The van der Waals surface area contributed by atoms with Gasteiger partial charge in [0.2, 0.25) is 6.79 Å². The number of furan rings is 1. The lowest BCUT2D eigenvalue weighted by Gasteiger charge is -2.24. The Labute approximate surface area is 153 Å². The van der Waals surface area contributed by atoms with Crippen LogP contribution in [-0.4, -0.2) is 42.7 Å². The molecule has 0 radical (unpaired) electrons. The largest absolute Gasteiger partial charge is 0.465 e. The van der Waals surface area contributed by atoms with E-state index in [1.165, 1.54) is 0 Å². The molecule has 0 aliphatic carbocycles. The van der Waals surface area contributed by atoms with Gasteiger partial charge in [0.05, 0.1) is 19.3 Å². The molecule has 138 valence electrons. The standard InChI is InChI=1S/C20H23NO5/c1-3-8-23-13-17(22)11-21(12-18-6-4-15(2)26-18)10-16-5-7-19-20(9-16)25-14-24-19/h1,4-7,9,17,22H,8,10-14H2,2H3. The summed E-state index contributed by atoms with van der Waals surface area (Å²) in [5.74, 6) is 5.60. The zero-order chi connectivity index (χ0) is 18.4. The molecular weight excluding hydrogens is 334 g/mol. The number of aryl methyl sites for hydroxylation is 1. The molecule has 1 aliphatic rings. The van der Waals surface area contributed by atoms with Gasteiger partial charge in [-0.05, 0) is 36.8 Å². The van der Waals surface area contributed by atoms with Crippen molar-refractivity contribution in [2.24, 2.45) is 0 Å². The van der Waals surface area contributed by atoms with E-state index in [-0.39, 0.29) is 20.0 Å². The molecule has 1 N–H and O–H groups in total. The summed E-state index contributed by atoms with van der Waals surface area (Å²) in [6.45, 7) is 4.18. The van der Waals surface area contributed by atoms with Crippen LogP contribution in [0.4, 0.5) is 0 Å². The van der Waals surface area contributed by atoms with E-state index >= 15 is 0 Å². The highest BCUT2D eigenvalue weighted by Gasteiger charge is 2.18. The van der Waals surface area contributed by atoms with Gasteiger partial charge in [-0.15, -0.1) is 6.42 Å². The molecule has 1 unspecified atom stereocenters. The predicted octanol–water partition coefficient (Wildman–Crippen LogP) is 2.33. The van der Waals surface area contributed by atoms with Gasteiger partial charge in [-0.3, -0.25) is 4.90 Å². The smallest absolute Gasteiger partial charge is 0.231 e. The van der Waals surface area contributed by atoms with Crippen LogP contribution in [0.25, 0.3) is 0 Å². The third-order valence-electron chi connectivity index (χ3n) is 3.98. The maximum absolute atomic E-state index is 10.3. The zero-order valence-electron chi connectivity index (χ0n) is 14.8. The quantitative estimate of drug-likeness (QED) is 0.549. The molecule has 6 nitrogen and oxygen atoms in total. The van der Waals surface area contributed by atoms with E-state index < -0.39 is 6.10 Å². The molecule has 0 saturated heterocycles. The fraction of sp³-hybridized carbons (Fsp3) is 0.400. The lowest BCUT2D eigenvalue weighted by atomic mass is 10.1. The Morgan fingerprint density at radius 3 is 2.85 bits per heavy atom. The lowest BCUT2D eigenvalue weighted by Crippen LogP contribution is -2.34. The number of nitrogens with zero attached hydrogens (tertiary/aromatic N) is 1. The normalized spacial score (nSPS) is 13.8. The molecule has 0 fully saturated rings. The van der Waals surface area contributed by atoms with Gasteiger partial charge in [-0.2, -0.15) is 0 Å². The van der Waals surface area contributed by atoms with Gasteiger partial charge in [0.1, 0.15) is 18.1 Å². The van der Waals surface area contributed by atoms with Crippen LogP contribution in [0.15, 0.2) is 34.7 Å². The van der Waals surface area contributed by atoms with Crippen LogP contribution in [0.5, 0.6) is 11.5 Å². The highest BCUT2D eigenvalue weighted by molar-refractivity contribution is 5.44. The Bertz CT molecular complexity index is 764. The summed E-state index contributed by atoms with van der Waals surface area (Å²) in [5.41, 5.74) is 1.06. The maximum atomic E-state index is 10.3. The Morgan fingerprint density at radius 1 is 1.23 bits per heavy atom. The fourth-order valence-electron chi connectivity index (χ4n) is 2.88. The van der Waals surface area contributed by atoms with Crippen LogP contribution >= 0.6 is 0 Å². The third kappa shape index (κ3) is 5.02. The molecule has 2 heterocycles. The molecule has 1 aliphatic heterocycles. The second-order valence-electron chi connectivity index (χ2n) is 6.24. The summed E-state index contributed by atoms with van der Waals surface area (Å²) in [4.78, 5) is 2.10. The Kier molecular flexibility index (Phi) is 6.18. The molecule has 6 heteroatoms. The van der Waals surface area contributed by atoms with E-state index in [4.69, 9.17) is 25.1 Å². The first-order valence-electron chi connectivity index (χ1n) is 8.49. The van der Waals surface area contributed by atoms with Gasteiger partial charge in [0.25, 0.3) is 0 Å². The van der Waals surface area contributed by atoms with Crippen molar-refractivity contribution in [2.75, 3.05) is 26.6 Å². The van der Waals surface area contributed by atoms with E-state index in [0.717, 1.165) is 28.6 Å². The number of terminal acetylenes is 1. The number of hydrogen-bond donors (Lipinski definition) is 1. The van der Waals surface area contributed by atoms with Crippen molar-refractivity contribution in [1.82, 2.24) is 4.90 Å². The zero-order valence-corrected chi connectivity index (χ0v) is 14.8. The van der Waals surface area contributed by atoms with Crippen LogP contribution in [0, 0.1) is 19.3 Å². The second-order valence-corrected chi connectivity index (χ2v) is 6.24. The summed E-state index contributed by atoms with van der Waals surface area (Å²) in [6.07, 6.45) is 4.52. The van der Waals surface area contributed by atoms with Gasteiger partial charge >= 0.3 is 0 Å². The molecule has 0 spiro atoms. The van der Waals surface area contributed by atoms with Crippen molar-refractivity contribution in [2.45, 2.75) is 26.1 Å². The molecule has 26 heavy (non-hydrogen) atoms. The second kappa shape index (κ2) is 8.77. The van der Waals surface area contributed by atoms with Crippen molar-refractivity contribution in [1.29, 1.82) is 0 Å². The first-order chi connectivity index (χ1) is 12.6. The van der Waals surface area contributed by atoms with Gasteiger partial charge in [-0.25, -0.2) is 0 Å². The van der Waals surface area contributed by atoms with E-state index in [1.807, 2.05) is 37.3 Å². The highest BCUT2D eigenvalue weighted by Crippen LogP contribution is 2.33. The van der Waals surface area contributed by atoms with E-state index in [0.29, 0.717) is 19.6 Å². The third-order valence-corrected chi connectivity index (χ3v) is 3.98. The van der Waals surface area contributed by atoms with Crippen LogP contribution in [0.3, 0.4) is 0 Å². The van der Waals surface area contributed by atoms with Crippen LogP contribution < -0.4 is 9.47 Å². The molecule has 0 amide bonds. The fourth-order valence-corrected chi connectivity index (χ4v) is 2.88. The molecule has 1 atom stereocenters. The van der Waals surface area contributed by atoms with Gasteiger partial charge in [-0.1, -0.05) is 12.0 Å². The first kappa shape index (κ1) is 18.3. The predicted molar refractivity (Wildman–Crippen MR) is 95.8 cm³/mol. The van der Waals surface area contributed by atoms with Crippen molar-refractivity contribution in [3.05, 3.63) is 47.4 Å². The minimum absolute atomic E-state index is 0.191. The Hall–Kier alpha value is -2.46. The number of ether oxygens (including phenoxy) is 3. The number of hydrogen-bond acceptors (Lipinski definition) is 6. The minimum atomic E-state index is -0.645. The van der Waals surface area contributed by atoms with E-state index in [1.54, 1.807) is 0 Å². The molecule has 2 aromatic rings. The molecular formula is C20H23NO5. The number of aliphatic hydroxyl groups is 1. The summed E-state index contributed by atoms with van der Waals surface area (Å²) >= 11 is 0. The summed E-state index contributed by atoms with van der Waals surface area (Å²) < 4.78 is 21.7. The average molecular weight is 357 g/mol. The first-order valence-corrected chi connectivity index (χ1v) is 8.49. The van der Waals surface area contributed by atoms with Gasteiger partial charge in [0.15, 0.2) is 11.5 Å². The summed E-state index contributed by atoms with van der Waals surface area (Å²) in [5, 5.41) is 10.3. The van der Waals surface area contributed by atoms with E-state index in [2.05, 4.69) is 10.8 Å². The lowest BCUT2D eigenvalue weighted by molar-refractivity contribution is 0.0229. The topological polar surface area (TPSA) is 64.3 Å². The van der Waals surface area contributed by atoms with Gasteiger partial charge < -0.3 is 23.7 Å². The van der Waals surface area contributed by atoms with Crippen molar-refractivity contribution < 1.29 is 23.7 Å². The highest BCUT2D eigenvalue weighted by atomic mass is 16.7. The molecule has 0 bridgehead atoms. The van der Waals surface area contributed by atoms with Crippen LogP contribution in [-0.2, 0) is 17.8 Å². The van der Waals surface area contributed by atoms with Crippen molar-refractivity contribution in [3.8, 4) is 23.8 Å². The van der Waals surface area contributed by atoms with Crippen LogP contribution in [0.2, 0.25) is 0 Å². The van der Waals surface area contributed by atoms with Crippen molar-refractivity contribution in [3.63, 3.8) is 0 Å². The molecule has 1 aromatic heterocycles. The molecule has 3 rings (SSSR count). The van der Waals surface area contributed by atoms with Crippen molar-refractivity contribution >= 4 is 0 Å². The summed E-state index contributed by atoms with van der Waals surface area (Å²) in [6, 6.07) is 9.74. The average Bonchev–Trinajstić information content (AvgIpc) is 3.23. The number of benzene rings is 1. The minimum Gasteiger partial charge on any atom is -0.465 e. The monoisotopic (exact) mass is 357 g/mol. The van der Waals surface area contributed by atoms with Gasteiger partial charge in [0, 0.05) is 13.1 Å². The Morgan fingerprint density at radius 2 is 2.08 bits per heavy atom. The Balaban J connectivity index is 1.66. The molecule has 1 aromatic carbocycles. The van der Waals surface area contributed by atoms with E-state index in [9.17, 15) is 5.11 Å². The number of aliphatic hydroxyl groups excluding tert-OH is 1. The van der Waals surface area contributed by atoms with Crippen LogP contribution in [0.1, 0.15) is 17.1 Å². The number of rotatable bonds is 9. The maximum Gasteiger partial charge on any atom is 0.231 e. The SMILES string of the molecule is C#CCOCC(O)CN(Cc1ccc2c(c1)OCO2)Cc1ccc(C)o1. The number of fused-ring (bicyclic) bond motifs is 1.